The van der Waals surface area contributed by atoms with E-state index >= 15 is 0 Å². The first-order valence-corrected chi connectivity index (χ1v) is 7.91. The van der Waals surface area contributed by atoms with Gasteiger partial charge >= 0.3 is 0 Å². The molecule has 102 valence electrons. The van der Waals surface area contributed by atoms with E-state index in [9.17, 15) is 0 Å². The molecular weight excluding hydrogens is 322 g/mol. The van der Waals surface area contributed by atoms with Crippen molar-refractivity contribution in [1.29, 1.82) is 0 Å². The van der Waals surface area contributed by atoms with Crippen molar-refractivity contribution in [2.75, 3.05) is 13.7 Å². The van der Waals surface area contributed by atoms with Gasteiger partial charge in [0.2, 0.25) is 0 Å². The Morgan fingerprint density at radius 3 is 2.84 bits per heavy atom. The molecule has 4 heteroatoms. The molecule has 0 fully saturated rings. The zero-order valence-corrected chi connectivity index (χ0v) is 13.6. The Bertz CT molecular complexity index is 526. The third-order valence-corrected chi connectivity index (χ3v) is 4.83. The van der Waals surface area contributed by atoms with Crippen molar-refractivity contribution in [3.63, 3.8) is 0 Å². The monoisotopic (exact) mass is 339 g/mol. The minimum Gasteiger partial charge on any atom is -0.497 e. The molecule has 1 aromatic carbocycles. The molecule has 1 heterocycles. The zero-order valence-electron chi connectivity index (χ0n) is 11.2. The van der Waals surface area contributed by atoms with Crippen LogP contribution in [0.5, 0.6) is 5.75 Å². The highest BCUT2D eigenvalue weighted by Crippen LogP contribution is 2.26. The Labute approximate surface area is 126 Å². The fourth-order valence-electron chi connectivity index (χ4n) is 1.92. The molecule has 2 aromatic rings. The average Bonchev–Trinajstić information content (AvgIpc) is 2.86. The standard InChI is InChI=1S/C15H18BrNOS/c1-11(14-6-7-15(16)19-14)17-9-8-12-4-3-5-13(10-12)18-2/h3-7,10-11,17H,8-9H2,1-2H3. The molecule has 0 amide bonds. The van der Waals surface area contributed by atoms with E-state index in [1.165, 1.54) is 14.2 Å². The summed E-state index contributed by atoms with van der Waals surface area (Å²) in [7, 11) is 1.70. The fourth-order valence-corrected chi connectivity index (χ4v) is 3.37. The second kappa shape index (κ2) is 7.08. The molecule has 0 spiro atoms. The van der Waals surface area contributed by atoms with E-state index in [2.05, 4.69) is 52.4 Å². The lowest BCUT2D eigenvalue weighted by molar-refractivity contribution is 0.414. The van der Waals surface area contributed by atoms with Crippen LogP contribution in [-0.2, 0) is 6.42 Å². The van der Waals surface area contributed by atoms with Crippen molar-refractivity contribution in [2.24, 2.45) is 0 Å². The van der Waals surface area contributed by atoms with Gasteiger partial charge in [-0.3, -0.25) is 0 Å². The van der Waals surface area contributed by atoms with Crippen molar-refractivity contribution in [3.8, 4) is 5.75 Å². The van der Waals surface area contributed by atoms with Crippen LogP contribution in [0.4, 0.5) is 0 Å². The number of hydrogen-bond donors (Lipinski definition) is 1. The molecule has 1 atom stereocenters. The Balaban J connectivity index is 1.82. The summed E-state index contributed by atoms with van der Waals surface area (Å²) in [5.74, 6) is 0.924. The van der Waals surface area contributed by atoms with E-state index in [0.29, 0.717) is 6.04 Å². The van der Waals surface area contributed by atoms with E-state index in [-0.39, 0.29) is 0 Å². The molecule has 2 rings (SSSR count). The number of halogens is 1. The number of thiophene rings is 1. The van der Waals surface area contributed by atoms with Crippen LogP contribution < -0.4 is 10.1 Å². The second-order valence-corrected chi connectivity index (χ2v) is 6.91. The summed E-state index contributed by atoms with van der Waals surface area (Å²) in [5.41, 5.74) is 1.30. The number of nitrogens with one attached hydrogen (secondary N) is 1. The van der Waals surface area contributed by atoms with Crippen LogP contribution in [0.15, 0.2) is 40.2 Å². The lowest BCUT2D eigenvalue weighted by Crippen LogP contribution is -2.20. The molecule has 0 aliphatic carbocycles. The van der Waals surface area contributed by atoms with Crippen LogP contribution in [0.2, 0.25) is 0 Å². The number of methoxy groups -OCH3 is 1. The van der Waals surface area contributed by atoms with E-state index in [0.717, 1.165) is 18.7 Å². The van der Waals surface area contributed by atoms with Gasteiger partial charge in [0.05, 0.1) is 10.9 Å². The maximum Gasteiger partial charge on any atom is 0.119 e. The van der Waals surface area contributed by atoms with Gasteiger partial charge in [-0.25, -0.2) is 0 Å². The van der Waals surface area contributed by atoms with Gasteiger partial charge in [-0.05, 0) is 65.6 Å². The first kappa shape index (κ1) is 14.6. The molecule has 0 saturated heterocycles. The molecular formula is C15H18BrNOS. The lowest BCUT2D eigenvalue weighted by atomic mass is 10.1. The van der Waals surface area contributed by atoms with Crippen LogP contribution in [0.25, 0.3) is 0 Å². The Morgan fingerprint density at radius 2 is 2.16 bits per heavy atom. The molecule has 0 bridgehead atoms. The van der Waals surface area contributed by atoms with Gasteiger partial charge in [0.1, 0.15) is 5.75 Å². The summed E-state index contributed by atoms with van der Waals surface area (Å²) in [4.78, 5) is 1.36. The van der Waals surface area contributed by atoms with E-state index in [1.807, 2.05) is 12.1 Å². The van der Waals surface area contributed by atoms with Gasteiger partial charge in [0, 0.05) is 10.9 Å². The molecule has 0 radical (unpaired) electrons. The number of rotatable bonds is 6. The zero-order chi connectivity index (χ0) is 13.7. The molecule has 2 nitrogen and oxygen atoms in total. The normalized spacial score (nSPS) is 12.4. The summed E-state index contributed by atoms with van der Waals surface area (Å²) < 4.78 is 6.41. The van der Waals surface area contributed by atoms with E-state index in [4.69, 9.17) is 4.74 Å². The molecule has 1 aromatic heterocycles. The van der Waals surface area contributed by atoms with Crippen LogP contribution in [0.3, 0.4) is 0 Å². The summed E-state index contributed by atoms with van der Waals surface area (Å²) in [6, 6.07) is 12.9. The molecule has 1 N–H and O–H groups in total. The minimum absolute atomic E-state index is 0.391. The second-order valence-electron chi connectivity index (χ2n) is 4.42. The molecule has 0 aliphatic heterocycles. The van der Waals surface area contributed by atoms with Gasteiger partial charge in [-0.1, -0.05) is 12.1 Å². The van der Waals surface area contributed by atoms with E-state index in [1.54, 1.807) is 18.4 Å². The molecule has 0 aliphatic rings. The van der Waals surface area contributed by atoms with Crippen molar-refractivity contribution < 1.29 is 4.74 Å². The minimum atomic E-state index is 0.391. The Hall–Kier alpha value is -0.840. The van der Waals surface area contributed by atoms with Crippen molar-refractivity contribution >= 4 is 27.3 Å². The van der Waals surface area contributed by atoms with Gasteiger partial charge < -0.3 is 10.1 Å². The van der Waals surface area contributed by atoms with Crippen LogP contribution in [0, 0.1) is 0 Å². The first-order valence-electron chi connectivity index (χ1n) is 6.30. The average molecular weight is 340 g/mol. The van der Waals surface area contributed by atoms with Crippen LogP contribution >= 0.6 is 27.3 Å². The molecule has 0 saturated carbocycles. The Kier molecular flexibility index (Phi) is 5.43. The summed E-state index contributed by atoms with van der Waals surface area (Å²) in [6.45, 7) is 3.16. The van der Waals surface area contributed by atoms with E-state index < -0.39 is 0 Å². The first-order chi connectivity index (χ1) is 9.19. The van der Waals surface area contributed by atoms with Gasteiger partial charge in [0.25, 0.3) is 0 Å². The van der Waals surface area contributed by atoms with Crippen molar-refractivity contribution in [3.05, 3.63) is 50.6 Å². The van der Waals surface area contributed by atoms with Gasteiger partial charge in [-0.15, -0.1) is 11.3 Å². The fraction of sp³-hybridized carbons (Fsp3) is 0.333. The third-order valence-electron chi connectivity index (χ3n) is 3.02. The highest BCUT2D eigenvalue weighted by Gasteiger charge is 2.07. The lowest BCUT2D eigenvalue weighted by Gasteiger charge is -2.12. The summed E-state index contributed by atoms with van der Waals surface area (Å²) in [6.07, 6.45) is 1.01. The highest BCUT2D eigenvalue weighted by atomic mass is 79.9. The highest BCUT2D eigenvalue weighted by molar-refractivity contribution is 9.11. The smallest absolute Gasteiger partial charge is 0.119 e. The SMILES string of the molecule is COc1cccc(CCNC(C)c2ccc(Br)s2)c1. The predicted octanol–water partition coefficient (Wildman–Crippen LogP) is 4.41. The maximum absolute atomic E-state index is 5.23. The molecule has 19 heavy (non-hydrogen) atoms. The quantitative estimate of drug-likeness (QED) is 0.841. The number of benzene rings is 1. The van der Waals surface area contributed by atoms with Gasteiger partial charge in [-0.2, -0.15) is 0 Å². The van der Waals surface area contributed by atoms with Crippen LogP contribution in [0.1, 0.15) is 23.4 Å². The predicted molar refractivity (Wildman–Crippen MR) is 85.1 cm³/mol. The number of hydrogen-bond acceptors (Lipinski definition) is 3. The van der Waals surface area contributed by atoms with Crippen LogP contribution in [-0.4, -0.2) is 13.7 Å². The largest absolute Gasteiger partial charge is 0.497 e. The number of ether oxygens (including phenoxy) is 1. The Morgan fingerprint density at radius 1 is 1.32 bits per heavy atom. The topological polar surface area (TPSA) is 21.3 Å². The van der Waals surface area contributed by atoms with Crippen molar-refractivity contribution in [1.82, 2.24) is 5.32 Å². The third kappa shape index (κ3) is 4.34. The molecule has 1 unspecified atom stereocenters. The van der Waals surface area contributed by atoms with Crippen molar-refractivity contribution in [2.45, 2.75) is 19.4 Å². The van der Waals surface area contributed by atoms with Gasteiger partial charge in [0.15, 0.2) is 0 Å². The maximum atomic E-state index is 5.23. The summed E-state index contributed by atoms with van der Waals surface area (Å²) >= 11 is 5.28. The summed E-state index contributed by atoms with van der Waals surface area (Å²) in [5, 5.41) is 3.55.